The monoisotopic (exact) mass is 186 g/mol. The summed E-state index contributed by atoms with van der Waals surface area (Å²) < 4.78 is 0. The van der Waals surface area contributed by atoms with Crippen LogP contribution in [0.25, 0.3) is 0 Å². The number of nitrogens with zero attached hydrogens (tertiary/aromatic N) is 2. The van der Waals surface area contributed by atoms with E-state index in [1.54, 1.807) is 5.01 Å². The summed E-state index contributed by atoms with van der Waals surface area (Å²) in [5.74, 6) is 0.649. The Hall–Kier alpha value is -0.600. The van der Waals surface area contributed by atoms with Crippen LogP contribution in [0, 0.1) is 10.8 Å². The third-order valence-electron chi connectivity index (χ3n) is 2.10. The van der Waals surface area contributed by atoms with Crippen molar-refractivity contribution in [3.63, 3.8) is 0 Å². The molecular weight excluding hydrogens is 164 g/mol. The fourth-order valence-corrected chi connectivity index (χ4v) is 1.14. The van der Waals surface area contributed by atoms with Gasteiger partial charge in [-0.15, -0.1) is 4.91 Å². The van der Waals surface area contributed by atoms with Gasteiger partial charge in [0.25, 0.3) is 0 Å². The van der Waals surface area contributed by atoms with Gasteiger partial charge in [0, 0.05) is 13.1 Å². The van der Waals surface area contributed by atoms with Crippen LogP contribution in [0.4, 0.5) is 0 Å². The first-order chi connectivity index (χ1) is 6.20. The molecule has 0 aliphatic carbocycles. The minimum Gasteiger partial charge on any atom is -0.261 e. The molecule has 0 N–H and O–H groups in total. The maximum Gasteiger partial charge on any atom is 0.0523 e. The van der Waals surface area contributed by atoms with Gasteiger partial charge in [0.1, 0.15) is 0 Å². The Morgan fingerprint density at radius 2 is 1.92 bits per heavy atom. The van der Waals surface area contributed by atoms with E-state index in [1.807, 2.05) is 0 Å². The zero-order valence-corrected chi connectivity index (χ0v) is 9.12. The van der Waals surface area contributed by atoms with Crippen LogP contribution in [-0.2, 0) is 0 Å². The molecule has 0 aromatic rings. The molecule has 0 aromatic carbocycles. The molecule has 0 atom stereocenters. The SMILES string of the molecule is CCCCCN(CCC(C)C)N=O. The first-order valence-electron chi connectivity index (χ1n) is 5.29. The van der Waals surface area contributed by atoms with Gasteiger partial charge >= 0.3 is 0 Å². The van der Waals surface area contributed by atoms with Crippen molar-refractivity contribution in [3.05, 3.63) is 4.91 Å². The van der Waals surface area contributed by atoms with Gasteiger partial charge in [0.15, 0.2) is 0 Å². The average molecular weight is 186 g/mol. The van der Waals surface area contributed by atoms with Crippen molar-refractivity contribution in [1.82, 2.24) is 5.01 Å². The number of nitroso groups, excluding NO2 is 1. The first-order valence-corrected chi connectivity index (χ1v) is 5.29. The second kappa shape index (κ2) is 8.02. The molecule has 3 nitrogen and oxygen atoms in total. The average Bonchev–Trinajstić information content (AvgIpc) is 2.10. The van der Waals surface area contributed by atoms with Crippen molar-refractivity contribution < 1.29 is 0 Å². The van der Waals surface area contributed by atoms with Crippen LogP contribution in [0.2, 0.25) is 0 Å². The summed E-state index contributed by atoms with van der Waals surface area (Å²) in [6.07, 6.45) is 4.52. The summed E-state index contributed by atoms with van der Waals surface area (Å²) in [5.41, 5.74) is 0. The molecule has 0 saturated heterocycles. The molecule has 0 aliphatic heterocycles. The third-order valence-corrected chi connectivity index (χ3v) is 2.10. The summed E-state index contributed by atoms with van der Waals surface area (Å²) in [7, 11) is 0. The Labute approximate surface area is 81.4 Å². The maximum atomic E-state index is 10.4. The van der Waals surface area contributed by atoms with E-state index in [2.05, 4.69) is 26.1 Å². The van der Waals surface area contributed by atoms with E-state index in [4.69, 9.17) is 0 Å². The van der Waals surface area contributed by atoms with Gasteiger partial charge in [-0.1, -0.05) is 33.6 Å². The third kappa shape index (κ3) is 7.75. The molecule has 0 aliphatic rings. The molecular formula is C10H22N2O. The number of unbranched alkanes of at least 4 members (excludes halogenated alkanes) is 2. The molecule has 0 unspecified atom stereocenters. The van der Waals surface area contributed by atoms with Gasteiger partial charge in [-0.25, -0.2) is 0 Å². The van der Waals surface area contributed by atoms with Crippen molar-refractivity contribution in [2.75, 3.05) is 13.1 Å². The van der Waals surface area contributed by atoms with Crippen LogP contribution in [0.1, 0.15) is 46.5 Å². The maximum absolute atomic E-state index is 10.4. The Kier molecular flexibility index (Phi) is 7.65. The van der Waals surface area contributed by atoms with Crippen LogP contribution >= 0.6 is 0 Å². The Morgan fingerprint density at radius 3 is 2.38 bits per heavy atom. The Bertz CT molecular complexity index is 126. The molecule has 0 radical (unpaired) electrons. The molecule has 0 aromatic heterocycles. The lowest BCUT2D eigenvalue weighted by Gasteiger charge is -2.15. The van der Waals surface area contributed by atoms with Gasteiger partial charge in [0.2, 0.25) is 0 Å². The zero-order chi connectivity index (χ0) is 10.1. The summed E-state index contributed by atoms with van der Waals surface area (Å²) in [6.45, 7) is 8.12. The molecule has 0 fully saturated rings. The lowest BCUT2D eigenvalue weighted by atomic mass is 10.1. The minimum absolute atomic E-state index is 0.649. The van der Waals surface area contributed by atoms with Gasteiger partial charge in [-0.05, 0) is 18.8 Å². The molecule has 13 heavy (non-hydrogen) atoms. The largest absolute Gasteiger partial charge is 0.261 e. The quantitative estimate of drug-likeness (QED) is 0.331. The van der Waals surface area contributed by atoms with Crippen LogP contribution in [0.3, 0.4) is 0 Å². The molecule has 0 amide bonds. The predicted molar refractivity (Wildman–Crippen MR) is 56.3 cm³/mol. The molecule has 0 spiro atoms. The van der Waals surface area contributed by atoms with Gasteiger partial charge in [0.05, 0.1) is 5.29 Å². The Balaban J connectivity index is 3.45. The normalized spacial score (nSPS) is 10.5. The second-order valence-corrected chi connectivity index (χ2v) is 3.92. The van der Waals surface area contributed by atoms with Crippen LogP contribution < -0.4 is 0 Å². The summed E-state index contributed by atoms with van der Waals surface area (Å²) in [5, 5.41) is 4.66. The molecule has 78 valence electrons. The minimum atomic E-state index is 0.649. The standard InChI is InChI=1S/C10H22N2O/c1-4-5-6-8-12(11-13)9-7-10(2)3/h10H,4-9H2,1-3H3. The van der Waals surface area contributed by atoms with Crippen molar-refractivity contribution >= 4 is 0 Å². The number of hydrogen-bond donors (Lipinski definition) is 0. The van der Waals surface area contributed by atoms with Crippen molar-refractivity contribution in [1.29, 1.82) is 0 Å². The lowest BCUT2D eigenvalue weighted by Crippen LogP contribution is -2.20. The van der Waals surface area contributed by atoms with E-state index in [0.29, 0.717) is 5.92 Å². The van der Waals surface area contributed by atoms with Crippen LogP contribution in [0.5, 0.6) is 0 Å². The van der Waals surface area contributed by atoms with E-state index in [9.17, 15) is 4.91 Å². The van der Waals surface area contributed by atoms with Gasteiger partial charge < -0.3 is 0 Å². The van der Waals surface area contributed by atoms with E-state index in [0.717, 1.165) is 25.9 Å². The molecule has 3 heteroatoms. The van der Waals surface area contributed by atoms with E-state index < -0.39 is 0 Å². The highest BCUT2D eigenvalue weighted by Gasteiger charge is 2.03. The fraction of sp³-hybridized carbons (Fsp3) is 1.00. The van der Waals surface area contributed by atoms with E-state index >= 15 is 0 Å². The second-order valence-electron chi connectivity index (χ2n) is 3.92. The van der Waals surface area contributed by atoms with Gasteiger partial charge in [-0.2, -0.15) is 0 Å². The summed E-state index contributed by atoms with van der Waals surface area (Å²) in [4.78, 5) is 10.4. The topological polar surface area (TPSA) is 32.7 Å². The van der Waals surface area contributed by atoms with E-state index in [-0.39, 0.29) is 0 Å². The van der Waals surface area contributed by atoms with Crippen LogP contribution in [-0.4, -0.2) is 18.1 Å². The molecule has 0 rings (SSSR count). The molecule has 0 saturated carbocycles. The van der Waals surface area contributed by atoms with Crippen molar-refractivity contribution in [3.8, 4) is 0 Å². The Morgan fingerprint density at radius 1 is 1.23 bits per heavy atom. The molecule has 0 bridgehead atoms. The number of rotatable bonds is 8. The predicted octanol–water partition coefficient (Wildman–Crippen LogP) is 3.21. The van der Waals surface area contributed by atoms with Gasteiger partial charge in [-0.3, -0.25) is 5.01 Å². The molecule has 0 heterocycles. The highest BCUT2D eigenvalue weighted by Crippen LogP contribution is 2.04. The highest BCUT2D eigenvalue weighted by atomic mass is 16.3. The van der Waals surface area contributed by atoms with Crippen LogP contribution in [0.15, 0.2) is 5.29 Å². The fourth-order valence-electron chi connectivity index (χ4n) is 1.14. The lowest BCUT2D eigenvalue weighted by molar-refractivity contribution is 0.260. The summed E-state index contributed by atoms with van der Waals surface area (Å²) >= 11 is 0. The van der Waals surface area contributed by atoms with Crippen molar-refractivity contribution in [2.24, 2.45) is 11.2 Å². The summed E-state index contributed by atoms with van der Waals surface area (Å²) in [6, 6.07) is 0. The van der Waals surface area contributed by atoms with Crippen molar-refractivity contribution in [2.45, 2.75) is 46.5 Å². The smallest absolute Gasteiger partial charge is 0.0523 e. The first kappa shape index (κ1) is 12.4. The zero-order valence-electron chi connectivity index (χ0n) is 9.12. The van der Waals surface area contributed by atoms with E-state index in [1.165, 1.54) is 12.8 Å². The number of hydrogen-bond acceptors (Lipinski definition) is 2. The highest BCUT2D eigenvalue weighted by molar-refractivity contribution is 4.54.